The smallest absolute Gasteiger partial charge is 0.0453 e. The van der Waals surface area contributed by atoms with Gasteiger partial charge < -0.3 is 5.73 Å². The highest BCUT2D eigenvalue weighted by atomic mass is 35.5. The van der Waals surface area contributed by atoms with Gasteiger partial charge >= 0.3 is 0 Å². The number of hydrogen-bond acceptors (Lipinski definition) is 1. The molecule has 0 aliphatic heterocycles. The maximum Gasteiger partial charge on any atom is 0.0453 e. The molecule has 0 bridgehead atoms. The lowest BCUT2D eigenvalue weighted by molar-refractivity contribution is 0.665. The molecule has 1 atom stereocenters. The Bertz CT molecular complexity index is 564. The minimum atomic E-state index is 0.0566. The number of rotatable bonds is 5. The van der Waals surface area contributed by atoms with Gasteiger partial charge in [-0.1, -0.05) is 60.5 Å². The Morgan fingerprint density at radius 3 is 2.20 bits per heavy atom. The molecule has 0 spiro atoms. The third kappa shape index (κ3) is 4.24. The lowest BCUT2D eigenvalue weighted by Gasteiger charge is -2.13. The molecule has 0 heterocycles. The molecule has 0 amide bonds. The zero-order valence-corrected chi connectivity index (χ0v) is 13.1. The summed E-state index contributed by atoms with van der Waals surface area (Å²) in [5, 5.41) is 1.34. The summed E-state index contributed by atoms with van der Waals surface area (Å²) >= 11 is 12.1. The molecular formula is C17H19Cl2N. The van der Waals surface area contributed by atoms with Gasteiger partial charge in [-0.2, -0.15) is 0 Å². The minimum Gasteiger partial charge on any atom is -0.327 e. The van der Waals surface area contributed by atoms with Gasteiger partial charge in [0.1, 0.15) is 0 Å². The van der Waals surface area contributed by atoms with E-state index >= 15 is 0 Å². The number of aryl methyl sites for hydroxylation is 1. The summed E-state index contributed by atoms with van der Waals surface area (Å²) in [6.45, 7) is 2.16. The third-order valence-electron chi connectivity index (χ3n) is 3.43. The molecule has 20 heavy (non-hydrogen) atoms. The van der Waals surface area contributed by atoms with Gasteiger partial charge in [-0.05, 0) is 48.1 Å². The first-order chi connectivity index (χ1) is 9.58. The molecule has 2 aromatic rings. The van der Waals surface area contributed by atoms with Crippen molar-refractivity contribution in [1.82, 2.24) is 0 Å². The zero-order valence-electron chi connectivity index (χ0n) is 11.6. The molecular weight excluding hydrogens is 289 g/mol. The third-order valence-corrected chi connectivity index (χ3v) is 4.01. The van der Waals surface area contributed by atoms with E-state index in [0.717, 1.165) is 24.8 Å². The van der Waals surface area contributed by atoms with E-state index in [1.54, 1.807) is 6.07 Å². The van der Waals surface area contributed by atoms with Crippen LogP contribution in [0.3, 0.4) is 0 Å². The van der Waals surface area contributed by atoms with Gasteiger partial charge in [0.05, 0.1) is 0 Å². The largest absolute Gasteiger partial charge is 0.327 e. The molecule has 2 N–H and O–H groups in total. The fraction of sp³-hybridized carbons (Fsp3) is 0.294. The van der Waals surface area contributed by atoms with E-state index in [2.05, 4.69) is 31.2 Å². The van der Waals surface area contributed by atoms with E-state index in [-0.39, 0.29) is 6.04 Å². The van der Waals surface area contributed by atoms with Crippen molar-refractivity contribution in [2.24, 2.45) is 5.73 Å². The topological polar surface area (TPSA) is 26.0 Å². The van der Waals surface area contributed by atoms with Crippen molar-refractivity contribution in [3.8, 4) is 0 Å². The van der Waals surface area contributed by atoms with E-state index < -0.39 is 0 Å². The summed E-state index contributed by atoms with van der Waals surface area (Å²) in [7, 11) is 0. The van der Waals surface area contributed by atoms with Crippen molar-refractivity contribution in [2.45, 2.75) is 32.2 Å². The van der Waals surface area contributed by atoms with Crippen LogP contribution < -0.4 is 5.73 Å². The van der Waals surface area contributed by atoms with Crippen LogP contribution in [0.1, 0.15) is 23.6 Å². The Morgan fingerprint density at radius 2 is 1.60 bits per heavy atom. The molecule has 1 unspecified atom stereocenters. The quantitative estimate of drug-likeness (QED) is 0.853. The molecule has 3 heteroatoms. The van der Waals surface area contributed by atoms with Crippen LogP contribution in [0.25, 0.3) is 0 Å². The SMILES string of the molecule is CCc1ccc(CC(N)Cc2ccc(Cl)cc2Cl)cc1. The molecule has 1 nitrogen and oxygen atoms in total. The molecule has 0 saturated heterocycles. The Labute approximate surface area is 130 Å². The molecule has 0 radical (unpaired) electrons. The molecule has 106 valence electrons. The first-order valence-electron chi connectivity index (χ1n) is 6.85. The van der Waals surface area contributed by atoms with Crippen LogP contribution in [-0.4, -0.2) is 6.04 Å². The van der Waals surface area contributed by atoms with Gasteiger partial charge in [0.15, 0.2) is 0 Å². The maximum atomic E-state index is 6.22. The summed E-state index contributed by atoms with van der Waals surface area (Å²) < 4.78 is 0. The summed E-state index contributed by atoms with van der Waals surface area (Å²) in [5.41, 5.74) is 9.89. The second-order valence-corrected chi connectivity index (χ2v) is 5.92. The van der Waals surface area contributed by atoms with Crippen LogP contribution >= 0.6 is 23.2 Å². The van der Waals surface area contributed by atoms with Gasteiger partial charge in [-0.3, -0.25) is 0 Å². The summed E-state index contributed by atoms with van der Waals surface area (Å²) in [6.07, 6.45) is 2.67. The van der Waals surface area contributed by atoms with Crippen molar-refractivity contribution in [1.29, 1.82) is 0 Å². The van der Waals surface area contributed by atoms with E-state index in [1.165, 1.54) is 11.1 Å². The first-order valence-corrected chi connectivity index (χ1v) is 7.61. The maximum absolute atomic E-state index is 6.22. The van der Waals surface area contributed by atoms with Crippen LogP contribution in [0, 0.1) is 0 Å². The summed E-state index contributed by atoms with van der Waals surface area (Å²) in [5.74, 6) is 0. The standard InChI is InChI=1S/C17H19Cl2N/c1-2-12-3-5-13(6-4-12)9-16(20)10-14-7-8-15(18)11-17(14)19/h3-8,11,16H,2,9-10,20H2,1H3. The number of halogens is 2. The Hall–Kier alpha value is -1.02. The molecule has 0 aliphatic carbocycles. The van der Waals surface area contributed by atoms with Gasteiger partial charge in [-0.15, -0.1) is 0 Å². The second-order valence-electron chi connectivity index (χ2n) is 5.07. The highest BCUT2D eigenvalue weighted by Gasteiger charge is 2.09. The van der Waals surface area contributed by atoms with Crippen molar-refractivity contribution >= 4 is 23.2 Å². The summed E-state index contributed by atoms with van der Waals surface area (Å²) in [6, 6.07) is 14.3. The zero-order chi connectivity index (χ0) is 14.5. The second kappa shape index (κ2) is 7.12. The minimum absolute atomic E-state index is 0.0566. The van der Waals surface area contributed by atoms with Crippen LogP contribution in [0.5, 0.6) is 0 Å². The van der Waals surface area contributed by atoms with Gasteiger partial charge in [-0.25, -0.2) is 0 Å². The van der Waals surface area contributed by atoms with E-state index in [9.17, 15) is 0 Å². The number of nitrogens with two attached hydrogens (primary N) is 1. The number of hydrogen-bond donors (Lipinski definition) is 1. The van der Waals surface area contributed by atoms with E-state index in [4.69, 9.17) is 28.9 Å². The average molecular weight is 308 g/mol. The average Bonchev–Trinajstić information content (AvgIpc) is 2.43. The lowest BCUT2D eigenvalue weighted by atomic mass is 9.99. The molecule has 2 aromatic carbocycles. The van der Waals surface area contributed by atoms with E-state index in [1.807, 2.05) is 12.1 Å². The highest BCUT2D eigenvalue weighted by Crippen LogP contribution is 2.22. The summed E-state index contributed by atoms with van der Waals surface area (Å²) in [4.78, 5) is 0. The monoisotopic (exact) mass is 307 g/mol. The highest BCUT2D eigenvalue weighted by molar-refractivity contribution is 6.35. The van der Waals surface area contributed by atoms with Crippen molar-refractivity contribution < 1.29 is 0 Å². The van der Waals surface area contributed by atoms with Crippen LogP contribution in [-0.2, 0) is 19.3 Å². The Kier molecular flexibility index (Phi) is 5.47. The van der Waals surface area contributed by atoms with E-state index in [0.29, 0.717) is 10.0 Å². The fourth-order valence-corrected chi connectivity index (χ4v) is 2.74. The molecule has 0 fully saturated rings. The van der Waals surface area contributed by atoms with Crippen LogP contribution in [0.15, 0.2) is 42.5 Å². The normalized spacial score (nSPS) is 12.4. The van der Waals surface area contributed by atoms with Crippen molar-refractivity contribution in [2.75, 3.05) is 0 Å². The predicted molar refractivity (Wildman–Crippen MR) is 87.7 cm³/mol. The fourth-order valence-electron chi connectivity index (χ4n) is 2.26. The lowest BCUT2D eigenvalue weighted by Crippen LogP contribution is -2.25. The molecule has 0 saturated carbocycles. The van der Waals surface area contributed by atoms with Gasteiger partial charge in [0, 0.05) is 16.1 Å². The first kappa shape index (κ1) is 15.4. The predicted octanol–water partition coefficient (Wildman–Crippen LogP) is 4.67. The Balaban J connectivity index is 1.99. The van der Waals surface area contributed by atoms with Crippen molar-refractivity contribution in [3.05, 3.63) is 69.2 Å². The van der Waals surface area contributed by atoms with Crippen LogP contribution in [0.4, 0.5) is 0 Å². The molecule has 2 rings (SSSR count). The Morgan fingerprint density at radius 1 is 0.950 bits per heavy atom. The van der Waals surface area contributed by atoms with Crippen molar-refractivity contribution in [3.63, 3.8) is 0 Å². The number of benzene rings is 2. The van der Waals surface area contributed by atoms with Crippen LogP contribution in [0.2, 0.25) is 10.0 Å². The van der Waals surface area contributed by atoms with Gasteiger partial charge in [0.2, 0.25) is 0 Å². The van der Waals surface area contributed by atoms with Gasteiger partial charge in [0.25, 0.3) is 0 Å². The molecule has 0 aliphatic rings. The molecule has 0 aromatic heterocycles.